The van der Waals surface area contributed by atoms with Gasteiger partial charge in [0.2, 0.25) is 0 Å². The number of nitrogens with one attached hydrogen (secondary N) is 1. The first kappa shape index (κ1) is 12.0. The lowest BCUT2D eigenvalue weighted by Gasteiger charge is -2.23. The van der Waals surface area contributed by atoms with Crippen LogP contribution in [0.3, 0.4) is 0 Å². The summed E-state index contributed by atoms with van der Waals surface area (Å²) in [5, 5.41) is 6.81. The van der Waals surface area contributed by atoms with Gasteiger partial charge in [-0.05, 0) is 26.2 Å². The van der Waals surface area contributed by atoms with Crippen LogP contribution in [0.1, 0.15) is 37.4 Å². The molecule has 0 aromatic carbocycles. The number of thiazole rings is 1. The molecule has 0 bridgehead atoms. The zero-order valence-electron chi connectivity index (χ0n) is 10.1. The Labute approximate surface area is 101 Å². The number of hydrogen-bond donors (Lipinski definition) is 1. The third kappa shape index (κ3) is 3.03. The van der Waals surface area contributed by atoms with Crippen molar-refractivity contribution in [1.82, 2.24) is 10.3 Å². The molecule has 0 amide bonds. The molecule has 1 aliphatic heterocycles. The Hall–Kier alpha value is -0.450. The molecule has 1 N–H and O–H groups in total. The van der Waals surface area contributed by atoms with Crippen LogP contribution >= 0.6 is 11.3 Å². The molecule has 2 heterocycles. The van der Waals surface area contributed by atoms with Gasteiger partial charge in [0, 0.05) is 25.1 Å². The van der Waals surface area contributed by atoms with Crippen molar-refractivity contribution in [3.05, 3.63) is 16.1 Å². The van der Waals surface area contributed by atoms with Gasteiger partial charge in [0.25, 0.3) is 0 Å². The third-order valence-electron chi connectivity index (χ3n) is 3.01. The lowest BCUT2D eigenvalue weighted by molar-refractivity contribution is 0.0206. The van der Waals surface area contributed by atoms with E-state index in [0.717, 1.165) is 38.2 Å². The predicted octanol–water partition coefficient (Wildman–Crippen LogP) is 2.36. The summed E-state index contributed by atoms with van der Waals surface area (Å²) in [7, 11) is 0. The normalized spacial score (nSPS) is 25.1. The topological polar surface area (TPSA) is 34.2 Å². The van der Waals surface area contributed by atoms with E-state index in [-0.39, 0.29) is 5.60 Å². The van der Waals surface area contributed by atoms with Crippen LogP contribution in [-0.2, 0) is 17.7 Å². The van der Waals surface area contributed by atoms with Crippen LogP contribution in [0.15, 0.2) is 5.38 Å². The van der Waals surface area contributed by atoms with Gasteiger partial charge in [0.05, 0.1) is 16.3 Å². The molecule has 0 aliphatic carbocycles. The number of aromatic nitrogens is 1. The van der Waals surface area contributed by atoms with Gasteiger partial charge in [-0.1, -0.05) is 6.92 Å². The minimum atomic E-state index is 0.0452. The fourth-order valence-corrected chi connectivity index (χ4v) is 2.77. The van der Waals surface area contributed by atoms with E-state index in [1.54, 1.807) is 11.3 Å². The van der Waals surface area contributed by atoms with Gasteiger partial charge in [0.1, 0.15) is 0 Å². The van der Waals surface area contributed by atoms with E-state index < -0.39 is 0 Å². The SMILES string of the molecule is CCc1nc(CNCC2(C)CCCO2)cs1. The molecule has 0 spiro atoms. The molecule has 1 aromatic rings. The van der Waals surface area contributed by atoms with E-state index >= 15 is 0 Å². The highest BCUT2D eigenvalue weighted by Crippen LogP contribution is 2.24. The summed E-state index contributed by atoms with van der Waals surface area (Å²) in [6.45, 7) is 7.02. The number of hydrogen-bond acceptors (Lipinski definition) is 4. The standard InChI is InChI=1S/C12H20N2OS/c1-3-11-14-10(8-16-11)7-13-9-12(2)5-4-6-15-12/h8,13H,3-7,9H2,1-2H3. The zero-order valence-corrected chi connectivity index (χ0v) is 10.9. The summed E-state index contributed by atoms with van der Waals surface area (Å²) in [4.78, 5) is 4.53. The molecule has 1 fully saturated rings. The molecule has 1 saturated heterocycles. The number of nitrogens with zero attached hydrogens (tertiary/aromatic N) is 1. The second-order valence-electron chi connectivity index (χ2n) is 4.59. The van der Waals surface area contributed by atoms with E-state index in [9.17, 15) is 0 Å². The highest BCUT2D eigenvalue weighted by atomic mass is 32.1. The van der Waals surface area contributed by atoms with E-state index in [2.05, 4.69) is 29.5 Å². The van der Waals surface area contributed by atoms with Crippen LogP contribution in [0.25, 0.3) is 0 Å². The molecule has 16 heavy (non-hydrogen) atoms. The van der Waals surface area contributed by atoms with Crippen molar-refractivity contribution >= 4 is 11.3 Å². The fraction of sp³-hybridized carbons (Fsp3) is 0.750. The van der Waals surface area contributed by atoms with Crippen LogP contribution in [0.2, 0.25) is 0 Å². The van der Waals surface area contributed by atoms with E-state index in [1.807, 2.05) is 0 Å². The zero-order chi connectivity index (χ0) is 11.4. The molecule has 1 aliphatic rings. The first-order valence-electron chi connectivity index (χ1n) is 6.00. The minimum absolute atomic E-state index is 0.0452. The number of aryl methyl sites for hydroxylation is 1. The third-order valence-corrected chi connectivity index (χ3v) is 4.05. The summed E-state index contributed by atoms with van der Waals surface area (Å²) >= 11 is 1.75. The lowest BCUT2D eigenvalue weighted by Crippen LogP contribution is -2.36. The predicted molar refractivity (Wildman–Crippen MR) is 66.8 cm³/mol. The summed E-state index contributed by atoms with van der Waals surface area (Å²) in [6, 6.07) is 0. The first-order chi connectivity index (χ1) is 7.72. The maximum Gasteiger partial charge on any atom is 0.0926 e. The van der Waals surface area contributed by atoms with Gasteiger partial charge in [0.15, 0.2) is 0 Å². The fourth-order valence-electron chi connectivity index (χ4n) is 2.02. The maximum atomic E-state index is 5.72. The largest absolute Gasteiger partial charge is 0.374 e. The Morgan fingerprint density at radius 2 is 2.50 bits per heavy atom. The van der Waals surface area contributed by atoms with Gasteiger partial charge in [-0.25, -0.2) is 4.98 Å². The summed E-state index contributed by atoms with van der Waals surface area (Å²) in [6.07, 6.45) is 3.39. The smallest absolute Gasteiger partial charge is 0.0926 e. The highest BCUT2D eigenvalue weighted by Gasteiger charge is 2.28. The van der Waals surface area contributed by atoms with Crippen LogP contribution < -0.4 is 5.32 Å². The molecule has 3 nitrogen and oxygen atoms in total. The second kappa shape index (κ2) is 5.25. The van der Waals surface area contributed by atoms with Gasteiger partial charge in [-0.3, -0.25) is 0 Å². The monoisotopic (exact) mass is 240 g/mol. The summed E-state index contributed by atoms with van der Waals surface area (Å²) in [5.41, 5.74) is 1.20. The van der Waals surface area contributed by atoms with Crippen LogP contribution in [0, 0.1) is 0 Å². The van der Waals surface area contributed by atoms with Crippen molar-refractivity contribution < 1.29 is 4.74 Å². The Balaban J connectivity index is 1.75. The van der Waals surface area contributed by atoms with Crippen molar-refractivity contribution in [1.29, 1.82) is 0 Å². The first-order valence-corrected chi connectivity index (χ1v) is 6.88. The van der Waals surface area contributed by atoms with Crippen LogP contribution in [-0.4, -0.2) is 23.7 Å². The molecule has 2 rings (SSSR count). The van der Waals surface area contributed by atoms with Crippen molar-refractivity contribution in [3.63, 3.8) is 0 Å². The van der Waals surface area contributed by atoms with Crippen molar-refractivity contribution in [3.8, 4) is 0 Å². The van der Waals surface area contributed by atoms with E-state index in [4.69, 9.17) is 4.74 Å². The molecule has 90 valence electrons. The molecular formula is C12H20N2OS. The Kier molecular flexibility index (Phi) is 3.95. The van der Waals surface area contributed by atoms with Crippen molar-refractivity contribution in [2.45, 2.75) is 45.3 Å². The van der Waals surface area contributed by atoms with Crippen molar-refractivity contribution in [2.75, 3.05) is 13.2 Å². The van der Waals surface area contributed by atoms with Crippen LogP contribution in [0.4, 0.5) is 0 Å². The molecular weight excluding hydrogens is 220 g/mol. The lowest BCUT2D eigenvalue weighted by atomic mass is 10.0. The molecule has 1 atom stereocenters. The number of ether oxygens (including phenoxy) is 1. The Morgan fingerprint density at radius 3 is 3.12 bits per heavy atom. The quantitative estimate of drug-likeness (QED) is 0.858. The Morgan fingerprint density at radius 1 is 1.62 bits per heavy atom. The van der Waals surface area contributed by atoms with Gasteiger partial charge in [-0.15, -0.1) is 11.3 Å². The second-order valence-corrected chi connectivity index (χ2v) is 5.53. The minimum Gasteiger partial charge on any atom is -0.374 e. The van der Waals surface area contributed by atoms with Gasteiger partial charge < -0.3 is 10.1 Å². The summed E-state index contributed by atoms with van der Waals surface area (Å²) < 4.78 is 5.72. The average molecular weight is 240 g/mol. The molecule has 1 unspecified atom stereocenters. The highest BCUT2D eigenvalue weighted by molar-refractivity contribution is 7.09. The molecule has 4 heteroatoms. The Bertz CT molecular complexity index is 332. The van der Waals surface area contributed by atoms with Gasteiger partial charge >= 0.3 is 0 Å². The summed E-state index contributed by atoms with van der Waals surface area (Å²) in [5.74, 6) is 0. The van der Waals surface area contributed by atoms with E-state index in [0.29, 0.717) is 0 Å². The number of rotatable bonds is 5. The molecule has 0 radical (unpaired) electrons. The van der Waals surface area contributed by atoms with Crippen molar-refractivity contribution in [2.24, 2.45) is 0 Å². The molecule has 1 aromatic heterocycles. The van der Waals surface area contributed by atoms with Gasteiger partial charge in [-0.2, -0.15) is 0 Å². The van der Waals surface area contributed by atoms with Crippen LogP contribution in [0.5, 0.6) is 0 Å². The molecule has 0 saturated carbocycles. The maximum absolute atomic E-state index is 5.72. The van der Waals surface area contributed by atoms with E-state index in [1.165, 1.54) is 11.4 Å². The average Bonchev–Trinajstić information content (AvgIpc) is 2.88.